The third-order valence-electron chi connectivity index (χ3n) is 2.52. The van der Waals surface area contributed by atoms with Gasteiger partial charge >= 0.3 is 0 Å². The fourth-order valence-electron chi connectivity index (χ4n) is 1.47. The van der Waals surface area contributed by atoms with E-state index >= 15 is 0 Å². The molecule has 0 radical (unpaired) electrons. The third kappa shape index (κ3) is 2.80. The maximum absolute atomic E-state index is 5.95. The quantitative estimate of drug-likeness (QED) is 0.662. The predicted octanol–water partition coefficient (Wildman–Crippen LogP) is 1.07. The lowest BCUT2D eigenvalue weighted by molar-refractivity contribution is 0.285. The predicted molar refractivity (Wildman–Crippen MR) is 48.5 cm³/mol. The Morgan fingerprint density at radius 2 is 1.82 bits per heavy atom. The monoisotopic (exact) mass is 156 g/mol. The summed E-state index contributed by atoms with van der Waals surface area (Å²) in [6.07, 6.45) is 2.73. The van der Waals surface area contributed by atoms with E-state index < -0.39 is 0 Å². The van der Waals surface area contributed by atoms with Gasteiger partial charge < -0.3 is 10.6 Å². The van der Waals surface area contributed by atoms with E-state index in [0.29, 0.717) is 12.0 Å². The van der Waals surface area contributed by atoms with Crippen LogP contribution < -0.4 is 5.73 Å². The number of likely N-dealkylation sites (tertiary alicyclic amines) is 1. The molecule has 1 fully saturated rings. The van der Waals surface area contributed by atoms with Gasteiger partial charge in [-0.15, -0.1) is 0 Å². The van der Waals surface area contributed by atoms with Gasteiger partial charge in [-0.1, -0.05) is 13.8 Å². The Morgan fingerprint density at radius 1 is 1.27 bits per heavy atom. The van der Waals surface area contributed by atoms with E-state index in [1.54, 1.807) is 0 Å². The summed E-state index contributed by atoms with van der Waals surface area (Å²) in [7, 11) is 0. The molecule has 0 aromatic carbocycles. The first-order chi connectivity index (χ1) is 5.20. The molecule has 0 saturated carbocycles. The van der Waals surface area contributed by atoms with E-state index in [4.69, 9.17) is 5.73 Å². The zero-order valence-electron chi connectivity index (χ0n) is 7.71. The van der Waals surface area contributed by atoms with E-state index in [2.05, 4.69) is 18.7 Å². The molecule has 1 heterocycles. The Labute approximate surface area is 69.8 Å². The molecule has 1 atom stereocenters. The highest BCUT2D eigenvalue weighted by Crippen LogP contribution is 2.09. The molecule has 1 aliphatic heterocycles. The molecular formula is C9H20N2. The van der Waals surface area contributed by atoms with Crippen molar-refractivity contribution in [2.24, 2.45) is 11.7 Å². The largest absolute Gasteiger partial charge is 0.326 e. The summed E-state index contributed by atoms with van der Waals surface area (Å²) in [5.41, 5.74) is 5.95. The number of rotatable bonds is 3. The van der Waals surface area contributed by atoms with Crippen molar-refractivity contribution in [3.63, 3.8) is 0 Å². The Bertz CT molecular complexity index is 106. The fourth-order valence-corrected chi connectivity index (χ4v) is 1.47. The Balaban J connectivity index is 2.18. The van der Waals surface area contributed by atoms with Crippen LogP contribution in [0.15, 0.2) is 0 Å². The van der Waals surface area contributed by atoms with Crippen molar-refractivity contribution in [2.75, 3.05) is 19.6 Å². The van der Waals surface area contributed by atoms with Crippen LogP contribution in [0.4, 0.5) is 0 Å². The zero-order valence-corrected chi connectivity index (χ0v) is 7.71. The Morgan fingerprint density at radius 3 is 2.27 bits per heavy atom. The number of hydrogen-bond donors (Lipinski definition) is 1. The normalized spacial score (nSPS) is 22.9. The maximum atomic E-state index is 5.95. The van der Waals surface area contributed by atoms with E-state index in [0.717, 1.165) is 6.54 Å². The zero-order chi connectivity index (χ0) is 8.27. The van der Waals surface area contributed by atoms with E-state index in [-0.39, 0.29) is 0 Å². The van der Waals surface area contributed by atoms with Crippen LogP contribution in [0.2, 0.25) is 0 Å². The average molecular weight is 156 g/mol. The van der Waals surface area contributed by atoms with Crippen molar-refractivity contribution in [3.05, 3.63) is 0 Å². The number of nitrogens with zero attached hydrogens (tertiary/aromatic N) is 1. The van der Waals surface area contributed by atoms with Gasteiger partial charge in [0.25, 0.3) is 0 Å². The minimum atomic E-state index is 0.369. The molecular weight excluding hydrogens is 136 g/mol. The van der Waals surface area contributed by atoms with E-state index in [9.17, 15) is 0 Å². The van der Waals surface area contributed by atoms with Crippen LogP contribution >= 0.6 is 0 Å². The van der Waals surface area contributed by atoms with Crippen molar-refractivity contribution in [3.8, 4) is 0 Å². The van der Waals surface area contributed by atoms with Crippen molar-refractivity contribution < 1.29 is 0 Å². The summed E-state index contributed by atoms with van der Waals surface area (Å²) in [5.74, 6) is 0.621. The summed E-state index contributed by atoms with van der Waals surface area (Å²) in [6, 6.07) is 0.369. The van der Waals surface area contributed by atoms with Gasteiger partial charge in [-0.2, -0.15) is 0 Å². The van der Waals surface area contributed by atoms with Gasteiger partial charge in [-0.05, 0) is 31.8 Å². The highest BCUT2D eigenvalue weighted by atomic mass is 15.1. The summed E-state index contributed by atoms with van der Waals surface area (Å²) in [6.45, 7) is 8.01. The van der Waals surface area contributed by atoms with Gasteiger partial charge in [0, 0.05) is 12.6 Å². The molecule has 0 aliphatic carbocycles. The molecule has 11 heavy (non-hydrogen) atoms. The SMILES string of the molecule is CC(C)C(N)CN1CCCC1. The minimum Gasteiger partial charge on any atom is -0.326 e. The molecule has 0 aromatic rings. The lowest BCUT2D eigenvalue weighted by Crippen LogP contribution is -2.39. The van der Waals surface area contributed by atoms with Crippen LogP contribution in [-0.4, -0.2) is 30.6 Å². The second-order valence-electron chi connectivity index (χ2n) is 3.92. The maximum Gasteiger partial charge on any atom is 0.0191 e. The van der Waals surface area contributed by atoms with Gasteiger partial charge in [0.1, 0.15) is 0 Å². The van der Waals surface area contributed by atoms with E-state index in [1.165, 1.54) is 25.9 Å². The van der Waals surface area contributed by atoms with Crippen molar-refractivity contribution >= 4 is 0 Å². The molecule has 0 bridgehead atoms. The highest BCUT2D eigenvalue weighted by molar-refractivity contribution is 4.74. The molecule has 1 saturated heterocycles. The first-order valence-corrected chi connectivity index (χ1v) is 4.68. The molecule has 1 rings (SSSR count). The third-order valence-corrected chi connectivity index (χ3v) is 2.52. The second-order valence-corrected chi connectivity index (χ2v) is 3.92. The lowest BCUT2D eigenvalue weighted by Gasteiger charge is -2.22. The second kappa shape index (κ2) is 4.07. The van der Waals surface area contributed by atoms with Crippen LogP contribution in [0, 0.1) is 5.92 Å². The molecule has 0 aromatic heterocycles. The van der Waals surface area contributed by atoms with Gasteiger partial charge in [-0.25, -0.2) is 0 Å². The smallest absolute Gasteiger partial charge is 0.0191 e. The minimum absolute atomic E-state index is 0.369. The first kappa shape index (κ1) is 9.01. The highest BCUT2D eigenvalue weighted by Gasteiger charge is 2.16. The summed E-state index contributed by atoms with van der Waals surface area (Å²) < 4.78 is 0. The van der Waals surface area contributed by atoms with Crippen LogP contribution in [0.3, 0.4) is 0 Å². The standard InChI is InChI=1S/C9H20N2/c1-8(2)9(10)7-11-5-3-4-6-11/h8-9H,3-7,10H2,1-2H3. The molecule has 2 nitrogen and oxygen atoms in total. The first-order valence-electron chi connectivity index (χ1n) is 4.68. The molecule has 66 valence electrons. The molecule has 0 spiro atoms. The van der Waals surface area contributed by atoms with Crippen LogP contribution in [-0.2, 0) is 0 Å². The molecule has 0 amide bonds. The number of nitrogens with two attached hydrogens (primary N) is 1. The summed E-state index contributed by atoms with van der Waals surface area (Å²) in [5, 5.41) is 0. The van der Waals surface area contributed by atoms with Crippen LogP contribution in [0.1, 0.15) is 26.7 Å². The van der Waals surface area contributed by atoms with Crippen molar-refractivity contribution in [2.45, 2.75) is 32.7 Å². The van der Waals surface area contributed by atoms with Crippen molar-refractivity contribution in [1.82, 2.24) is 4.90 Å². The summed E-state index contributed by atoms with van der Waals surface area (Å²) in [4.78, 5) is 2.48. The van der Waals surface area contributed by atoms with Gasteiger partial charge in [0.15, 0.2) is 0 Å². The van der Waals surface area contributed by atoms with Gasteiger partial charge in [-0.3, -0.25) is 0 Å². The van der Waals surface area contributed by atoms with E-state index in [1.807, 2.05) is 0 Å². The van der Waals surface area contributed by atoms with Crippen molar-refractivity contribution in [1.29, 1.82) is 0 Å². The Hall–Kier alpha value is -0.0800. The molecule has 2 N–H and O–H groups in total. The average Bonchev–Trinajstić information content (AvgIpc) is 2.39. The summed E-state index contributed by atoms with van der Waals surface area (Å²) >= 11 is 0. The van der Waals surface area contributed by atoms with Crippen LogP contribution in [0.5, 0.6) is 0 Å². The Kier molecular flexibility index (Phi) is 3.34. The lowest BCUT2D eigenvalue weighted by atomic mass is 10.1. The fraction of sp³-hybridized carbons (Fsp3) is 1.00. The molecule has 1 aliphatic rings. The number of hydrogen-bond acceptors (Lipinski definition) is 2. The van der Waals surface area contributed by atoms with Crippen LogP contribution in [0.25, 0.3) is 0 Å². The topological polar surface area (TPSA) is 29.3 Å². The molecule has 1 unspecified atom stereocenters. The molecule has 2 heteroatoms. The van der Waals surface area contributed by atoms with Gasteiger partial charge in [0.05, 0.1) is 0 Å². The van der Waals surface area contributed by atoms with Gasteiger partial charge in [0.2, 0.25) is 0 Å².